The van der Waals surface area contributed by atoms with E-state index in [1.165, 1.54) is 0 Å². The summed E-state index contributed by atoms with van der Waals surface area (Å²) in [5.74, 6) is 0.0794. The van der Waals surface area contributed by atoms with Gasteiger partial charge in [0.25, 0.3) is 0 Å². The molecule has 2 atom stereocenters. The van der Waals surface area contributed by atoms with Gasteiger partial charge in [0.15, 0.2) is 0 Å². The molecule has 7 nitrogen and oxygen atoms in total. The van der Waals surface area contributed by atoms with Crippen LogP contribution in [0, 0.1) is 5.92 Å². The molecule has 0 aliphatic rings. The maximum atomic E-state index is 11.1. The third-order valence-corrected chi connectivity index (χ3v) is 4.38. The van der Waals surface area contributed by atoms with Crippen molar-refractivity contribution >= 4 is 15.6 Å². The first-order valence-electron chi connectivity index (χ1n) is 5.44. The van der Waals surface area contributed by atoms with Gasteiger partial charge in [0.1, 0.15) is 0 Å². The van der Waals surface area contributed by atoms with E-state index in [1.54, 1.807) is 0 Å². The molecule has 3 N–H and O–H groups in total. The summed E-state index contributed by atoms with van der Waals surface area (Å²) in [5, 5.41) is 0. The van der Waals surface area contributed by atoms with Crippen molar-refractivity contribution in [3.63, 3.8) is 0 Å². The molecule has 0 aromatic rings. The maximum Gasteiger partial charge on any atom is 1.00 e. The van der Waals surface area contributed by atoms with E-state index in [1.807, 2.05) is 13.8 Å². The minimum absolute atomic E-state index is 0. The molecule has 10 heteroatoms. The van der Waals surface area contributed by atoms with Crippen LogP contribution in [0.1, 0.15) is 41.0 Å². The van der Waals surface area contributed by atoms with Crippen LogP contribution >= 0.6 is 15.6 Å². The second-order valence-corrected chi connectivity index (χ2v) is 6.58. The number of phosphoric acid groups is 2. The molecule has 0 fully saturated rings. The van der Waals surface area contributed by atoms with E-state index in [0.717, 1.165) is 25.7 Å². The van der Waals surface area contributed by atoms with E-state index >= 15 is 0 Å². The van der Waals surface area contributed by atoms with Gasteiger partial charge in [0.05, 0.1) is 6.61 Å². The summed E-state index contributed by atoms with van der Waals surface area (Å²) >= 11 is 0. The molecule has 0 saturated heterocycles. The predicted octanol–water partition coefficient (Wildman–Crippen LogP) is -0.454. The minimum atomic E-state index is -5.01. The molecule has 18 heavy (non-hydrogen) atoms. The van der Waals surface area contributed by atoms with Crippen molar-refractivity contribution in [2.45, 2.75) is 39.5 Å². The summed E-state index contributed by atoms with van der Waals surface area (Å²) in [6.07, 6.45) is 3.57. The van der Waals surface area contributed by atoms with E-state index < -0.39 is 15.6 Å². The van der Waals surface area contributed by atoms with Crippen LogP contribution in [-0.4, -0.2) is 21.3 Å². The van der Waals surface area contributed by atoms with Gasteiger partial charge in [-0.05, 0) is 12.3 Å². The van der Waals surface area contributed by atoms with Crippen molar-refractivity contribution in [1.29, 1.82) is 0 Å². The van der Waals surface area contributed by atoms with E-state index in [4.69, 9.17) is 14.7 Å². The first kappa shape index (κ1) is 21.6. The number of rotatable bonds is 9. The Balaban J connectivity index is -0.00000128. The zero-order valence-corrected chi connectivity index (χ0v) is 14.8. The minimum Gasteiger partial charge on any atom is -1.00 e. The Kier molecular flexibility index (Phi) is 12.0. The Morgan fingerprint density at radius 1 is 1.22 bits per heavy atom. The van der Waals surface area contributed by atoms with Gasteiger partial charge < -0.3 is 16.1 Å². The SMILES string of the molecule is CCCCC(CC)COP(=O)(O)OP(=O)(O)O.[H-].[Na+]. The zero-order valence-electron chi connectivity index (χ0n) is 12.0. The fourth-order valence-electron chi connectivity index (χ4n) is 1.26. The maximum absolute atomic E-state index is 11.1. The van der Waals surface area contributed by atoms with Crippen molar-refractivity contribution < 1.29 is 63.6 Å². The van der Waals surface area contributed by atoms with Crippen molar-refractivity contribution in [1.82, 2.24) is 0 Å². The van der Waals surface area contributed by atoms with Crippen molar-refractivity contribution in [2.24, 2.45) is 5.92 Å². The summed E-state index contributed by atoms with van der Waals surface area (Å²) in [5.41, 5.74) is 0. The fraction of sp³-hybridized carbons (Fsp3) is 1.00. The molecule has 0 aromatic heterocycles. The van der Waals surface area contributed by atoms with Gasteiger partial charge >= 0.3 is 45.2 Å². The summed E-state index contributed by atoms with van der Waals surface area (Å²) in [6.45, 7) is 3.89. The normalized spacial score (nSPS) is 16.7. The molecule has 0 rings (SSSR count). The van der Waals surface area contributed by atoms with Gasteiger partial charge in [-0.3, -0.25) is 4.52 Å². The molecule has 0 heterocycles. The van der Waals surface area contributed by atoms with Gasteiger partial charge in [-0.1, -0.05) is 33.1 Å². The van der Waals surface area contributed by atoms with Crippen LogP contribution in [0.25, 0.3) is 0 Å². The quantitative estimate of drug-likeness (QED) is 0.390. The topological polar surface area (TPSA) is 113 Å². The summed E-state index contributed by atoms with van der Waals surface area (Å²) < 4.78 is 29.8. The second-order valence-electron chi connectivity index (χ2n) is 3.75. The molecular formula is C8H21NaO7P2. The van der Waals surface area contributed by atoms with Gasteiger partial charge in [0.2, 0.25) is 0 Å². The Morgan fingerprint density at radius 2 is 1.78 bits per heavy atom. The average Bonchev–Trinajstić information content (AvgIpc) is 2.14. The average molecular weight is 314 g/mol. The largest absolute Gasteiger partial charge is 1.00 e. The molecule has 0 aliphatic carbocycles. The molecule has 0 amide bonds. The molecule has 0 saturated carbocycles. The van der Waals surface area contributed by atoms with Crippen LogP contribution in [0.2, 0.25) is 0 Å². The number of hydrogen-bond donors (Lipinski definition) is 3. The van der Waals surface area contributed by atoms with Gasteiger partial charge in [-0.15, -0.1) is 0 Å². The van der Waals surface area contributed by atoms with Crippen molar-refractivity contribution in [3.05, 3.63) is 0 Å². The van der Waals surface area contributed by atoms with Gasteiger partial charge in [0, 0.05) is 0 Å². The van der Waals surface area contributed by atoms with E-state index in [2.05, 4.69) is 8.83 Å². The molecule has 0 aliphatic heterocycles. The van der Waals surface area contributed by atoms with Gasteiger partial charge in [-0.25, -0.2) is 9.13 Å². The number of hydrogen-bond acceptors (Lipinski definition) is 4. The van der Waals surface area contributed by atoms with Crippen LogP contribution in [-0.2, 0) is 18.0 Å². The molecule has 0 aromatic carbocycles. The van der Waals surface area contributed by atoms with Gasteiger partial charge in [-0.2, -0.15) is 4.31 Å². The summed E-state index contributed by atoms with van der Waals surface area (Å²) in [7, 11) is -9.69. The zero-order chi connectivity index (χ0) is 13.5. The van der Waals surface area contributed by atoms with E-state index in [9.17, 15) is 9.13 Å². The smallest absolute Gasteiger partial charge is 1.00 e. The number of unbranched alkanes of at least 4 members (excludes halogenated alkanes) is 1. The first-order chi connectivity index (χ1) is 7.70. The van der Waals surface area contributed by atoms with E-state index in [-0.39, 0.29) is 43.5 Å². The van der Waals surface area contributed by atoms with Crippen LogP contribution < -0.4 is 29.6 Å². The molecule has 106 valence electrons. The second kappa shape index (κ2) is 10.1. The van der Waals surface area contributed by atoms with Crippen LogP contribution in [0.15, 0.2) is 0 Å². The van der Waals surface area contributed by atoms with Crippen LogP contribution in [0.5, 0.6) is 0 Å². The third kappa shape index (κ3) is 12.3. The first-order valence-corrected chi connectivity index (χ1v) is 8.47. The Labute approximate surface area is 131 Å². The summed E-state index contributed by atoms with van der Waals surface area (Å²) in [6, 6.07) is 0. The van der Waals surface area contributed by atoms with Crippen LogP contribution in [0.3, 0.4) is 0 Å². The Bertz CT molecular complexity index is 311. The fourth-order valence-corrected chi connectivity index (χ4v) is 2.92. The van der Waals surface area contributed by atoms with Crippen LogP contribution in [0.4, 0.5) is 0 Å². The third-order valence-electron chi connectivity index (χ3n) is 2.23. The molecular weight excluding hydrogens is 293 g/mol. The molecule has 0 spiro atoms. The predicted molar refractivity (Wildman–Crippen MR) is 63.3 cm³/mol. The number of phosphoric ester groups is 1. The Morgan fingerprint density at radius 3 is 2.17 bits per heavy atom. The molecule has 0 radical (unpaired) electrons. The molecule has 2 unspecified atom stereocenters. The Hall–Kier alpha value is 1.26. The molecule has 0 bridgehead atoms. The van der Waals surface area contributed by atoms with E-state index in [0.29, 0.717) is 0 Å². The van der Waals surface area contributed by atoms with Crippen molar-refractivity contribution in [3.8, 4) is 0 Å². The standard InChI is InChI=1S/C8H20O7P2.Na.H/c1-3-5-6-8(4-2)7-14-17(12,13)15-16(9,10)11;;/h8H,3-7H2,1-2H3,(H,12,13)(H2,9,10,11);;/q;+1;-1. The van der Waals surface area contributed by atoms with Crippen molar-refractivity contribution in [2.75, 3.05) is 6.61 Å². The summed E-state index contributed by atoms with van der Waals surface area (Å²) in [4.78, 5) is 25.8. The monoisotopic (exact) mass is 314 g/mol.